The van der Waals surface area contributed by atoms with E-state index in [4.69, 9.17) is 4.42 Å². The number of aromatic nitrogens is 1. The van der Waals surface area contributed by atoms with Crippen LogP contribution in [0.1, 0.15) is 40.5 Å². The lowest BCUT2D eigenvalue weighted by Gasteiger charge is -2.27. The van der Waals surface area contributed by atoms with Gasteiger partial charge in [0, 0.05) is 25.2 Å². The summed E-state index contributed by atoms with van der Waals surface area (Å²) in [6.45, 7) is 11.7. The fourth-order valence-corrected chi connectivity index (χ4v) is 2.19. The Labute approximate surface area is 147 Å². The number of fused-ring (bicyclic) bond motifs is 1. The molecule has 0 radical (unpaired) electrons. The minimum Gasteiger partial charge on any atom is -0.441 e. The van der Waals surface area contributed by atoms with Gasteiger partial charge in [-0.3, -0.25) is 4.79 Å². The Kier molecular flexibility index (Phi) is 5.06. The van der Waals surface area contributed by atoms with E-state index in [9.17, 15) is 9.59 Å². The van der Waals surface area contributed by atoms with Gasteiger partial charge in [-0.1, -0.05) is 20.8 Å². The number of urea groups is 1. The maximum Gasteiger partial charge on any atom is 0.320 e. The maximum atomic E-state index is 12.3. The molecule has 1 heterocycles. The Morgan fingerprint density at radius 1 is 1.16 bits per heavy atom. The fourth-order valence-electron chi connectivity index (χ4n) is 2.19. The van der Waals surface area contributed by atoms with Gasteiger partial charge in [-0.25, -0.2) is 9.78 Å². The number of hydrogen-bond acceptors (Lipinski definition) is 4. The molecule has 2 rings (SSSR count). The minimum atomic E-state index is -1.04. The van der Waals surface area contributed by atoms with Crippen LogP contribution in [0.4, 0.5) is 10.5 Å². The van der Waals surface area contributed by atoms with Crippen LogP contribution in [0, 0.1) is 12.3 Å². The summed E-state index contributed by atoms with van der Waals surface area (Å²) in [5.74, 6) is 0.326. The first-order chi connectivity index (χ1) is 11.5. The molecule has 0 bridgehead atoms. The zero-order valence-electron chi connectivity index (χ0n) is 15.6. The van der Waals surface area contributed by atoms with E-state index >= 15 is 0 Å². The van der Waals surface area contributed by atoms with E-state index in [1.54, 1.807) is 39.0 Å². The third kappa shape index (κ3) is 5.20. The van der Waals surface area contributed by atoms with Crippen LogP contribution in [0.25, 0.3) is 11.1 Å². The van der Waals surface area contributed by atoms with Crippen molar-refractivity contribution >= 4 is 28.7 Å². The van der Waals surface area contributed by atoms with Crippen LogP contribution in [-0.4, -0.2) is 29.0 Å². The standard InChI is InChI=1S/C18H26N4O3/c1-11-20-13-8-7-12(9-14(13)25-11)21-16(24)22-18(5,6)15(23)19-10-17(2,3)4/h7-9H,10H2,1-6H3,(H,19,23)(H2,21,22,24). The predicted octanol–water partition coefficient (Wildman–Crippen LogP) is 3.20. The minimum absolute atomic E-state index is 0.0291. The largest absolute Gasteiger partial charge is 0.441 e. The third-order valence-corrected chi connectivity index (χ3v) is 3.53. The normalized spacial score (nSPS) is 12.1. The van der Waals surface area contributed by atoms with Gasteiger partial charge in [0.25, 0.3) is 0 Å². The number of nitrogens with one attached hydrogen (secondary N) is 3. The lowest BCUT2D eigenvalue weighted by molar-refractivity contribution is -0.126. The number of carbonyl (C=O) groups is 2. The summed E-state index contributed by atoms with van der Waals surface area (Å²) in [6, 6.07) is 4.73. The van der Waals surface area contributed by atoms with E-state index in [1.165, 1.54) is 0 Å². The van der Waals surface area contributed by atoms with Crippen molar-refractivity contribution < 1.29 is 14.0 Å². The van der Waals surface area contributed by atoms with Crippen molar-refractivity contribution in [2.24, 2.45) is 5.41 Å². The van der Waals surface area contributed by atoms with E-state index in [2.05, 4.69) is 20.9 Å². The molecule has 1 aromatic heterocycles. The number of nitrogens with zero attached hydrogens (tertiary/aromatic N) is 1. The Morgan fingerprint density at radius 3 is 2.48 bits per heavy atom. The molecular weight excluding hydrogens is 320 g/mol. The van der Waals surface area contributed by atoms with Crippen molar-refractivity contribution in [1.29, 1.82) is 0 Å². The van der Waals surface area contributed by atoms with Gasteiger partial charge in [-0.2, -0.15) is 0 Å². The van der Waals surface area contributed by atoms with Gasteiger partial charge in [-0.05, 0) is 31.4 Å². The first-order valence-corrected chi connectivity index (χ1v) is 8.21. The van der Waals surface area contributed by atoms with Gasteiger partial charge in [-0.15, -0.1) is 0 Å². The van der Waals surface area contributed by atoms with Crippen LogP contribution >= 0.6 is 0 Å². The number of amides is 3. The zero-order chi connectivity index (χ0) is 18.8. The Morgan fingerprint density at radius 2 is 1.84 bits per heavy atom. The third-order valence-electron chi connectivity index (χ3n) is 3.53. The molecule has 7 nitrogen and oxygen atoms in total. The quantitative estimate of drug-likeness (QED) is 0.792. The van der Waals surface area contributed by atoms with E-state index in [1.807, 2.05) is 20.8 Å². The Hall–Kier alpha value is -2.57. The van der Waals surface area contributed by atoms with Crippen molar-refractivity contribution in [1.82, 2.24) is 15.6 Å². The highest BCUT2D eigenvalue weighted by Gasteiger charge is 2.30. The molecule has 0 aliphatic rings. The SMILES string of the molecule is Cc1nc2ccc(NC(=O)NC(C)(C)C(=O)NCC(C)(C)C)cc2o1. The van der Waals surface area contributed by atoms with Crippen molar-refractivity contribution in [3.05, 3.63) is 24.1 Å². The molecule has 0 fully saturated rings. The summed E-state index contributed by atoms with van der Waals surface area (Å²) >= 11 is 0. The molecular formula is C18H26N4O3. The smallest absolute Gasteiger partial charge is 0.320 e. The Balaban J connectivity index is 1.98. The molecule has 0 aliphatic heterocycles. The second kappa shape index (κ2) is 6.74. The number of benzene rings is 1. The number of carbonyl (C=O) groups excluding carboxylic acids is 2. The highest BCUT2D eigenvalue weighted by atomic mass is 16.3. The van der Waals surface area contributed by atoms with Crippen LogP contribution < -0.4 is 16.0 Å². The average molecular weight is 346 g/mol. The number of rotatable bonds is 4. The molecule has 3 amide bonds. The molecule has 0 atom stereocenters. The summed E-state index contributed by atoms with van der Waals surface area (Å²) in [5.41, 5.74) is 0.816. The molecule has 2 aromatic rings. The maximum absolute atomic E-state index is 12.3. The van der Waals surface area contributed by atoms with Crippen LogP contribution in [0.2, 0.25) is 0 Å². The summed E-state index contributed by atoms with van der Waals surface area (Å²) in [6.07, 6.45) is 0. The molecule has 0 saturated carbocycles. The summed E-state index contributed by atoms with van der Waals surface area (Å²) in [5, 5.41) is 8.25. The molecule has 0 saturated heterocycles. The molecule has 7 heteroatoms. The van der Waals surface area contributed by atoms with E-state index in [0.29, 0.717) is 23.7 Å². The molecule has 0 spiro atoms. The topological polar surface area (TPSA) is 96.3 Å². The number of anilines is 1. The van der Waals surface area contributed by atoms with E-state index < -0.39 is 11.6 Å². The first kappa shape index (κ1) is 18.8. The van der Waals surface area contributed by atoms with Gasteiger partial charge in [0.15, 0.2) is 11.5 Å². The molecule has 1 aromatic carbocycles. The predicted molar refractivity (Wildman–Crippen MR) is 97.4 cm³/mol. The molecule has 25 heavy (non-hydrogen) atoms. The molecule has 3 N–H and O–H groups in total. The van der Waals surface area contributed by atoms with Gasteiger partial charge in [0.2, 0.25) is 5.91 Å². The summed E-state index contributed by atoms with van der Waals surface area (Å²) in [4.78, 5) is 28.7. The average Bonchev–Trinajstić information content (AvgIpc) is 2.82. The lowest BCUT2D eigenvalue weighted by atomic mass is 9.96. The number of aryl methyl sites for hydroxylation is 1. The monoisotopic (exact) mass is 346 g/mol. The van der Waals surface area contributed by atoms with Crippen molar-refractivity contribution in [2.75, 3.05) is 11.9 Å². The van der Waals surface area contributed by atoms with Crippen molar-refractivity contribution in [3.63, 3.8) is 0 Å². The Bertz CT molecular complexity index is 787. The van der Waals surface area contributed by atoms with E-state index in [0.717, 1.165) is 5.52 Å². The second-order valence-electron chi connectivity index (χ2n) is 7.86. The van der Waals surface area contributed by atoms with Crippen LogP contribution in [0.5, 0.6) is 0 Å². The van der Waals surface area contributed by atoms with Gasteiger partial charge in [0.05, 0.1) is 0 Å². The van der Waals surface area contributed by atoms with Crippen molar-refractivity contribution in [2.45, 2.75) is 47.1 Å². The molecule has 136 valence electrons. The fraction of sp³-hybridized carbons (Fsp3) is 0.500. The summed E-state index contributed by atoms with van der Waals surface area (Å²) in [7, 11) is 0. The highest BCUT2D eigenvalue weighted by molar-refractivity contribution is 5.96. The van der Waals surface area contributed by atoms with Gasteiger partial charge < -0.3 is 20.4 Å². The van der Waals surface area contributed by atoms with E-state index in [-0.39, 0.29) is 11.3 Å². The first-order valence-electron chi connectivity index (χ1n) is 8.21. The van der Waals surface area contributed by atoms with Crippen molar-refractivity contribution in [3.8, 4) is 0 Å². The zero-order valence-corrected chi connectivity index (χ0v) is 15.6. The number of hydrogen-bond donors (Lipinski definition) is 3. The molecule has 0 aliphatic carbocycles. The van der Waals surface area contributed by atoms with Crippen LogP contribution in [0.3, 0.4) is 0 Å². The second-order valence-corrected chi connectivity index (χ2v) is 7.86. The summed E-state index contributed by atoms with van der Waals surface area (Å²) < 4.78 is 5.45. The highest BCUT2D eigenvalue weighted by Crippen LogP contribution is 2.20. The van der Waals surface area contributed by atoms with Crippen LogP contribution in [0.15, 0.2) is 22.6 Å². The lowest BCUT2D eigenvalue weighted by Crippen LogP contribution is -2.56. The van der Waals surface area contributed by atoms with Gasteiger partial charge in [0.1, 0.15) is 11.1 Å². The van der Waals surface area contributed by atoms with Gasteiger partial charge >= 0.3 is 6.03 Å². The molecule has 0 unspecified atom stereocenters. The number of oxazole rings is 1. The van der Waals surface area contributed by atoms with Crippen LogP contribution in [-0.2, 0) is 4.79 Å².